The lowest BCUT2D eigenvalue weighted by Crippen LogP contribution is -2.12. The van der Waals surface area contributed by atoms with Crippen molar-refractivity contribution in [3.63, 3.8) is 0 Å². The van der Waals surface area contributed by atoms with Crippen molar-refractivity contribution in [3.8, 4) is 5.75 Å². The van der Waals surface area contributed by atoms with E-state index >= 15 is 0 Å². The third-order valence-corrected chi connectivity index (χ3v) is 5.66. The summed E-state index contributed by atoms with van der Waals surface area (Å²) in [6.07, 6.45) is 0.958. The van der Waals surface area contributed by atoms with E-state index in [0.717, 1.165) is 27.5 Å². The first kappa shape index (κ1) is 17.3. The van der Waals surface area contributed by atoms with Gasteiger partial charge < -0.3 is 15.8 Å². The molecule has 0 aliphatic rings. The number of thiophene rings is 1. The van der Waals surface area contributed by atoms with Gasteiger partial charge in [-0.3, -0.25) is 4.79 Å². The number of benzene rings is 2. The van der Waals surface area contributed by atoms with Gasteiger partial charge in [0, 0.05) is 10.8 Å². The average Bonchev–Trinajstić information content (AvgIpc) is 3.02. The number of para-hydroxylation sites is 2. The van der Waals surface area contributed by atoms with Crippen molar-refractivity contribution in [2.45, 2.75) is 13.3 Å². The Balaban J connectivity index is 1.76. The van der Waals surface area contributed by atoms with Gasteiger partial charge in [0.2, 0.25) is 0 Å². The van der Waals surface area contributed by atoms with E-state index in [1.54, 1.807) is 19.2 Å². The van der Waals surface area contributed by atoms with Gasteiger partial charge >= 0.3 is 0 Å². The summed E-state index contributed by atoms with van der Waals surface area (Å²) in [6, 6.07) is 15.5. The minimum atomic E-state index is -0.265. The molecule has 0 fully saturated rings. The number of nitrogen functional groups attached to an aromatic ring is 1. The molecule has 27 heavy (non-hydrogen) atoms. The van der Waals surface area contributed by atoms with E-state index in [9.17, 15) is 4.79 Å². The molecule has 0 saturated heterocycles. The zero-order valence-electron chi connectivity index (χ0n) is 15.1. The minimum Gasteiger partial charge on any atom is -0.495 e. The number of nitrogens with zero attached hydrogens (tertiary/aromatic N) is 1. The SMILES string of the molecule is CCc1ccc2nc3sc(C(=O)Nc4ccccc4OC)c(N)c3cc2c1. The molecule has 2 aromatic carbocycles. The van der Waals surface area contributed by atoms with Crippen LogP contribution < -0.4 is 15.8 Å². The molecule has 0 saturated carbocycles. The Morgan fingerprint density at radius 1 is 1.22 bits per heavy atom. The lowest BCUT2D eigenvalue weighted by molar-refractivity contribution is 0.103. The number of nitrogens with two attached hydrogens (primary N) is 1. The van der Waals surface area contributed by atoms with Crippen LogP contribution in [0.25, 0.3) is 21.1 Å². The maximum absolute atomic E-state index is 12.8. The normalized spacial score (nSPS) is 11.0. The lowest BCUT2D eigenvalue weighted by Gasteiger charge is -2.09. The molecule has 0 atom stereocenters. The summed E-state index contributed by atoms with van der Waals surface area (Å²) in [4.78, 5) is 18.7. The van der Waals surface area contributed by atoms with E-state index in [0.29, 0.717) is 22.0 Å². The molecular weight excluding hydrogens is 358 g/mol. The van der Waals surface area contributed by atoms with Crippen LogP contribution in [0.15, 0.2) is 48.5 Å². The van der Waals surface area contributed by atoms with Crippen molar-refractivity contribution < 1.29 is 9.53 Å². The molecule has 1 amide bonds. The Morgan fingerprint density at radius 2 is 2.04 bits per heavy atom. The third-order valence-electron chi connectivity index (χ3n) is 4.55. The lowest BCUT2D eigenvalue weighted by atomic mass is 10.1. The van der Waals surface area contributed by atoms with Crippen molar-refractivity contribution in [2.24, 2.45) is 0 Å². The smallest absolute Gasteiger partial charge is 0.268 e. The van der Waals surface area contributed by atoms with Crippen LogP contribution in [0.2, 0.25) is 0 Å². The number of rotatable bonds is 4. The standard InChI is InChI=1S/C21H19N3O2S/c1-3-12-8-9-15-13(10-12)11-14-18(22)19(27-21(14)24-15)20(25)23-16-6-4-5-7-17(16)26-2/h4-11H,3,22H2,1-2H3,(H,23,25). The molecule has 0 aliphatic carbocycles. The summed E-state index contributed by atoms with van der Waals surface area (Å²) >= 11 is 1.30. The van der Waals surface area contributed by atoms with Gasteiger partial charge in [-0.25, -0.2) is 4.98 Å². The van der Waals surface area contributed by atoms with Crippen LogP contribution in [-0.4, -0.2) is 18.0 Å². The Labute approximate surface area is 160 Å². The number of ether oxygens (including phenoxy) is 1. The van der Waals surface area contributed by atoms with Gasteiger partial charge in [-0.1, -0.05) is 25.1 Å². The number of hydrogen-bond donors (Lipinski definition) is 2. The molecule has 0 unspecified atom stereocenters. The highest BCUT2D eigenvalue weighted by atomic mass is 32.1. The van der Waals surface area contributed by atoms with Crippen LogP contribution >= 0.6 is 11.3 Å². The van der Waals surface area contributed by atoms with Crippen molar-refractivity contribution >= 4 is 49.7 Å². The van der Waals surface area contributed by atoms with Gasteiger partial charge in [0.1, 0.15) is 15.5 Å². The number of carbonyl (C=O) groups excluding carboxylic acids is 1. The topological polar surface area (TPSA) is 77.2 Å². The van der Waals surface area contributed by atoms with Gasteiger partial charge in [0.15, 0.2) is 0 Å². The minimum absolute atomic E-state index is 0.265. The Hall–Kier alpha value is -3.12. The summed E-state index contributed by atoms with van der Waals surface area (Å²) in [5.41, 5.74) is 9.51. The van der Waals surface area contributed by atoms with Gasteiger partial charge in [-0.15, -0.1) is 11.3 Å². The fraction of sp³-hybridized carbons (Fsp3) is 0.143. The number of pyridine rings is 1. The number of carbonyl (C=O) groups is 1. The number of hydrogen-bond acceptors (Lipinski definition) is 5. The second kappa shape index (κ2) is 6.89. The molecular formula is C21H19N3O2S. The number of methoxy groups -OCH3 is 1. The predicted molar refractivity (Wildman–Crippen MR) is 112 cm³/mol. The number of nitrogens with one attached hydrogen (secondary N) is 1. The highest BCUT2D eigenvalue weighted by molar-refractivity contribution is 7.21. The average molecular weight is 377 g/mol. The first-order valence-corrected chi connectivity index (χ1v) is 9.48. The summed E-state index contributed by atoms with van der Waals surface area (Å²) in [7, 11) is 1.57. The molecule has 0 spiro atoms. The number of fused-ring (bicyclic) bond motifs is 2. The Kier molecular flexibility index (Phi) is 4.41. The molecule has 0 aliphatic heterocycles. The highest BCUT2D eigenvalue weighted by Gasteiger charge is 2.19. The van der Waals surface area contributed by atoms with Crippen molar-refractivity contribution in [1.82, 2.24) is 4.98 Å². The van der Waals surface area contributed by atoms with Gasteiger partial charge in [0.05, 0.1) is 24.0 Å². The fourth-order valence-corrected chi connectivity index (χ4v) is 4.05. The first-order chi connectivity index (χ1) is 13.1. The van der Waals surface area contributed by atoms with Crippen LogP contribution in [0.1, 0.15) is 22.2 Å². The zero-order chi connectivity index (χ0) is 19.0. The molecule has 3 N–H and O–H groups in total. The van der Waals surface area contributed by atoms with Crippen LogP contribution in [0, 0.1) is 0 Å². The van der Waals surface area contributed by atoms with E-state index in [2.05, 4.69) is 24.4 Å². The highest BCUT2D eigenvalue weighted by Crippen LogP contribution is 2.35. The Bertz CT molecular complexity index is 1170. The molecule has 0 radical (unpaired) electrons. The van der Waals surface area contributed by atoms with Gasteiger partial charge in [-0.2, -0.15) is 0 Å². The molecule has 4 aromatic rings. The van der Waals surface area contributed by atoms with Crippen molar-refractivity contribution in [1.29, 1.82) is 0 Å². The third kappa shape index (κ3) is 3.08. The predicted octanol–water partition coefficient (Wildman–Crippen LogP) is 4.86. The quantitative estimate of drug-likeness (QED) is 0.533. The number of aromatic nitrogens is 1. The van der Waals surface area contributed by atoms with Crippen LogP contribution in [0.5, 0.6) is 5.75 Å². The van der Waals surface area contributed by atoms with E-state index in [4.69, 9.17) is 15.5 Å². The van der Waals surface area contributed by atoms with E-state index in [1.807, 2.05) is 24.3 Å². The molecule has 4 rings (SSSR count). The molecule has 136 valence electrons. The largest absolute Gasteiger partial charge is 0.495 e. The summed E-state index contributed by atoms with van der Waals surface area (Å²) < 4.78 is 5.29. The summed E-state index contributed by atoms with van der Waals surface area (Å²) in [5.74, 6) is 0.333. The maximum Gasteiger partial charge on any atom is 0.268 e. The number of amides is 1. The Morgan fingerprint density at radius 3 is 2.81 bits per heavy atom. The maximum atomic E-state index is 12.8. The fourth-order valence-electron chi connectivity index (χ4n) is 3.07. The second-order valence-corrected chi connectivity index (χ2v) is 7.22. The summed E-state index contributed by atoms with van der Waals surface area (Å²) in [6.45, 7) is 2.12. The number of anilines is 2. The van der Waals surface area contributed by atoms with Crippen LogP contribution in [-0.2, 0) is 6.42 Å². The molecule has 2 heterocycles. The zero-order valence-corrected chi connectivity index (χ0v) is 15.9. The molecule has 5 nitrogen and oxygen atoms in total. The van der Waals surface area contributed by atoms with Gasteiger partial charge in [0.25, 0.3) is 5.91 Å². The van der Waals surface area contributed by atoms with Crippen LogP contribution in [0.3, 0.4) is 0 Å². The second-order valence-electron chi connectivity index (χ2n) is 6.22. The summed E-state index contributed by atoms with van der Waals surface area (Å²) in [5, 5.41) is 4.72. The molecule has 0 bridgehead atoms. The van der Waals surface area contributed by atoms with Crippen molar-refractivity contribution in [2.75, 3.05) is 18.2 Å². The van der Waals surface area contributed by atoms with E-state index < -0.39 is 0 Å². The van der Waals surface area contributed by atoms with E-state index in [1.165, 1.54) is 16.9 Å². The molecule has 2 aromatic heterocycles. The van der Waals surface area contributed by atoms with E-state index in [-0.39, 0.29) is 5.91 Å². The monoisotopic (exact) mass is 377 g/mol. The first-order valence-electron chi connectivity index (χ1n) is 8.66. The molecule has 6 heteroatoms. The van der Waals surface area contributed by atoms with Crippen molar-refractivity contribution in [3.05, 3.63) is 59.0 Å². The van der Waals surface area contributed by atoms with Crippen LogP contribution in [0.4, 0.5) is 11.4 Å². The van der Waals surface area contributed by atoms with Gasteiger partial charge in [-0.05, 0) is 42.3 Å². The number of aryl methyl sites for hydroxylation is 1.